The molecule has 0 radical (unpaired) electrons. The lowest BCUT2D eigenvalue weighted by atomic mass is 10.2. The normalized spacial score (nSPS) is 12.1. The summed E-state index contributed by atoms with van der Waals surface area (Å²) in [6.07, 6.45) is 3.47. The highest BCUT2D eigenvalue weighted by Gasteiger charge is 2.09. The fourth-order valence-corrected chi connectivity index (χ4v) is 2.51. The lowest BCUT2D eigenvalue weighted by Crippen LogP contribution is -2.30. The van der Waals surface area contributed by atoms with Gasteiger partial charge in [0.2, 0.25) is 11.7 Å². The van der Waals surface area contributed by atoms with Crippen LogP contribution < -0.4 is 10.5 Å². The smallest absolute Gasteiger partial charge is 0.219 e. The number of nitrogens with two attached hydrogens (primary N) is 1. The van der Waals surface area contributed by atoms with E-state index in [-0.39, 0.29) is 6.61 Å². The minimum atomic E-state index is -0.426. The number of pyridine rings is 1. The summed E-state index contributed by atoms with van der Waals surface area (Å²) < 4.78 is 5.77. The van der Waals surface area contributed by atoms with Gasteiger partial charge >= 0.3 is 0 Å². The zero-order valence-corrected chi connectivity index (χ0v) is 14.8. The molecule has 0 saturated heterocycles. The van der Waals surface area contributed by atoms with Crippen LogP contribution in [0.5, 0.6) is 11.6 Å². The molecular formula is C18H18N8O2. The Bertz CT molecular complexity index is 1010. The number of hydrogen-bond acceptors (Lipinski definition) is 8. The minimum Gasteiger partial charge on any atom is -0.439 e. The Balaban J connectivity index is 1.42. The highest BCUT2D eigenvalue weighted by Crippen LogP contribution is 2.24. The molecule has 142 valence electrons. The summed E-state index contributed by atoms with van der Waals surface area (Å²) >= 11 is 0. The zero-order chi connectivity index (χ0) is 19.3. The van der Waals surface area contributed by atoms with Crippen LogP contribution in [0.15, 0.2) is 54.9 Å². The van der Waals surface area contributed by atoms with Crippen molar-refractivity contribution in [2.45, 2.75) is 12.6 Å². The van der Waals surface area contributed by atoms with E-state index in [2.05, 4.69) is 30.6 Å². The summed E-state index contributed by atoms with van der Waals surface area (Å²) in [5.74, 6) is 1.59. The number of nitrogens with zero attached hydrogens (tertiary/aromatic N) is 6. The quantitative estimate of drug-likeness (QED) is 0.436. The topological polar surface area (TPSA) is 141 Å². The fourth-order valence-electron chi connectivity index (χ4n) is 2.51. The fraction of sp³-hybridized carbons (Fsp3) is 0.167. The second-order valence-electron chi connectivity index (χ2n) is 6.08. The maximum atomic E-state index is 9.00. The molecule has 28 heavy (non-hydrogen) atoms. The van der Waals surface area contributed by atoms with Gasteiger partial charge in [0.1, 0.15) is 5.75 Å². The number of aliphatic hydroxyl groups excluding tert-OH is 1. The first kappa shape index (κ1) is 17.8. The molecule has 0 fully saturated rings. The third kappa shape index (κ3) is 4.03. The van der Waals surface area contributed by atoms with E-state index in [4.69, 9.17) is 15.6 Å². The van der Waals surface area contributed by atoms with Crippen molar-refractivity contribution in [2.24, 2.45) is 5.73 Å². The van der Waals surface area contributed by atoms with Gasteiger partial charge in [-0.15, -0.1) is 10.2 Å². The number of ether oxygens (including phenoxy) is 1. The molecule has 1 aromatic carbocycles. The molecule has 4 rings (SSSR count). The minimum absolute atomic E-state index is 0.139. The Morgan fingerprint density at radius 1 is 1.11 bits per heavy atom. The molecule has 0 spiro atoms. The second kappa shape index (κ2) is 7.94. The van der Waals surface area contributed by atoms with Gasteiger partial charge in [-0.3, -0.25) is 5.10 Å². The van der Waals surface area contributed by atoms with E-state index in [0.717, 1.165) is 16.8 Å². The third-order valence-electron chi connectivity index (χ3n) is 3.95. The summed E-state index contributed by atoms with van der Waals surface area (Å²) in [5.41, 5.74) is 8.19. The number of H-pyrrole nitrogens is 1. The number of benzene rings is 1. The molecular weight excluding hydrogens is 360 g/mol. The zero-order valence-electron chi connectivity index (χ0n) is 14.8. The highest BCUT2D eigenvalue weighted by atomic mass is 16.5. The highest BCUT2D eigenvalue weighted by molar-refractivity contribution is 5.58. The van der Waals surface area contributed by atoms with Crippen molar-refractivity contribution in [3.8, 4) is 34.3 Å². The number of rotatable bonds is 7. The standard InChI is InChI=1S/C18H18N8O2/c19-14(11-27)10-26-24-18(23-25-26)12-1-4-15(5-2-12)28-17-6-3-13(9-20-17)16-7-8-21-22-16/h1-9,14,27H,10-11,19H2,(H,21,22)/t14-/m1/s1. The molecule has 1 atom stereocenters. The van der Waals surface area contributed by atoms with Gasteiger partial charge in [0, 0.05) is 35.6 Å². The predicted molar refractivity (Wildman–Crippen MR) is 100 cm³/mol. The maximum absolute atomic E-state index is 9.00. The van der Waals surface area contributed by atoms with E-state index in [1.165, 1.54) is 4.80 Å². The third-order valence-corrected chi connectivity index (χ3v) is 3.95. The Morgan fingerprint density at radius 2 is 1.93 bits per heavy atom. The average Bonchev–Trinajstić information content (AvgIpc) is 3.41. The van der Waals surface area contributed by atoms with Crippen LogP contribution in [-0.2, 0) is 6.54 Å². The van der Waals surface area contributed by atoms with Crippen LogP contribution in [0, 0.1) is 0 Å². The summed E-state index contributed by atoms with van der Waals surface area (Å²) in [5, 5.41) is 28.1. The SMILES string of the molecule is N[C@@H](CO)Cn1nnc(-c2ccc(Oc3ccc(-c4cc[nH]n4)cn3)cc2)n1. The van der Waals surface area contributed by atoms with E-state index >= 15 is 0 Å². The van der Waals surface area contributed by atoms with E-state index in [1.807, 2.05) is 24.3 Å². The number of hydrogen-bond donors (Lipinski definition) is 3. The molecule has 0 aliphatic rings. The van der Waals surface area contributed by atoms with Crippen molar-refractivity contribution in [2.75, 3.05) is 6.61 Å². The van der Waals surface area contributed by atoms with Crippen molar-refractivity contribution in [3.05, 3.63) is 54.9 Å². The largest absolute Gasteiger partial charge is 0.439 e. The van der Waals surface area contributed by atoms with Crippen LogP contribution in [-0.4, -0.2) is 53.1 Å². The van der Waals surface area contributed by atoms with Gasteiger partial charge in [0.05, 0.1) is 18.8 Å². The van der Waals surface area contributed by atoms with Crippen LogP contribution in [0.2, 0.25) is 0 Å². The van der Waals surface area contributed by atoms with Gasteiger partial charge in [-0.25, -0.2) is 4.98 Å². The molecule has 4 aromatic rings. The van der Waals surface area contributed by atoms with Crippen molar-refractivity contribution in [1.82, 2.24) is 35.4 Å². The first-order valence-electron chi connectivity index (χ1n) is 8.60. The van der Waals surface area contributed by atoms with Crippen molar-refractivity contribution >= 4 is 0 Å². The van der Waals surface area contributed by atoms with Crippen LogP contribution in [0.25, 0.3) is 22.6 Å². The molecule has 0 saturated carbocycles. The van der Waals surface area contributed by atoms with Gasteiger partial charge in [-0.1, -0.05) is 0 Å². The lowest BCUT2D eigenvalue weighted by molar-refractivity contribution is 0.245. The number of aromatic amines is 1. The monoisotopic (exact) mass is 378 g/mol. The van der Waals surface area contributed by atoms with E-state index in [1.54, 1.807) is 30.6 Å². The van der Waals surface area contributed by atoms with Crippen LogP contribution in [0.3, 0.4) is 0 Å². The molecule has 0 bridgehead atoms. The van der Waals surface area contributed by atoms with E-state index in [9.17, 15) is 0 Å². The Morgan fingerprint density at radius 3 is 2.61 bits per heavy atom. The first-order chi connectivity index (χ1) is 13.7. The number of nitrogens with one attached hydrogen (secondary N) is 1. The van der Waals surface area contributed by atoms with Crippen molar-refractivity contribution in [3.63, 3.8) is 0 Å². The Labute approximate surface area is 160 Å². The predicted octanol–water partition coefficient (Wildman–Crippen LogP) is 1.24. The van der Waals surface area contributed by atoms with Gasteiger partial charge < -0.3 is 15.6 Å². The Kier molecular flexibility index (Phi) is 5.04. The molecule has 3 aromatic heterocycles. The Hall–Kier alpha value is -3.63. The summed E-state index contributed by atoms with van der Waals surface area (Å²) in [4.78, 5) is 5.67. The van der Waals surface area contributed by atoms with Gasteiger partial charge in [0.25, 0.3) is 0 Å². The lowest BCUT2D eigenvalue weighted by Gasteiger charge is -2.06. The molecule has 3 heterocycles. The molecule has 0 amide bonds. The van der Waals surface area contributed by atoms with Crippen molar-refractivity contribution < 1.29 is 9.84 Å². The van der Waals surface area contributed by atoms with E-state index < -0.39 is 6.04 Å². The number of tetrazole rings is 1. The number of aliphatic hydroxyl groups is 1. The van der Waals surface area contributed by atoms with Gasteiger partial charge in [-0.2, -0.15) is 9.90 Å². The second-order valence-corrected chi connectivity index (χ2v) is 6.08. The molecule has 0 unspecified atom stereocenters. The molecule has 10 nitrogen and oxygen atoms in total. The average molecular weight is 378 g/mol. The van der Waals surface area contributed by atoms with E-state index in [0.29, 0.717) is 24.0 Å². The van der Waals surface area contributed by atoms with Crippen molar-refractivity contribution in [1.29, 1.82) is 0 Å². The summed E-state index contributed by atoms with van der Waals surface area (Å²) in [6.45, 7) is 0.157. The van der Waals surface area contributed by atoms with Crippen LogP contribution >= 0.6 is 0 Å². The molecule has 0 aliphatic heterocycles. The van der Waals surface area contributed by atoms with Gasteiger partial charge in [-0.05, 0) is 41.6 Å². The van der Waals surface area contributed by atoms with Gasteiger partial charge in [0.15, 0.2) is 0 Å². The van der Waals surface area contributed by atoms with Crippen LogP contribution in [0.4, 0.5) is 0 Å². The maximum Gasteiger partial charge on any atom is 0.219 e. The molecule has 0 aliphatic carbocycles. The summed E-state index contributed by atoms with van der Waals surface area (Å²) in [7, 11) is 0. The summed E-state index contributed by atoms with van der Waals surface area (Å²) in [6, 6.07) is 12.4. The van der Waals surface area contributed by atoms with Crippen LogP contribution in [0.1, 0.15) is 0 Å². The number of aromatic nitrogens is 7. The molecule has 4 N–H and O–H groups in total. The first-order valence-corrected chi connectivity index (χ1v) is 8.60. The molecule has 10 heteroatoms.